The number of ether oxygens (including phenoxy) is 3. The molecular formula is C15H21BrN2O4. The predicted octanol–water partition coefficient (Wildman–Crippen LogP) is 2.40. The number of methoxy groups -OCH3 is 1. The van der Waals surface area contributed by atoms with Gasteiger partial charge in [-0.1, -0.05) is 0 Å². The molecule has 1 N–H and O–H groups in total. The molecule has 0 bridgehead atoms. The third-order valence-corrected chi connectivity index (χ3v) is 4.08. The SMILES string of the molecule is COCC(C)N(C)C(=O)NCc1cc(Br)c2c(c1)OCCO2. The maximum absolute atomic E-state index is 12.1. The molecule has 1 unspecified atom stereocenters. The molecule has 0 spiro atoms. The van der Waals surface area contributed by atoms with Gasteiger partial charge in [0.1, 0.15) is 13.2 Å². The summed E-state index contributed by atoms with van der Waals surface area (Å²) < 4.78 is 17.0. The molecule has 22 heavy (non-hydrogen) atoms. The minimum atomic E-state index is -0.143. The molecular weight excluding hydrogens is 352 g/mol. The van der Waals surface area contributed by atoms with Crippen molar-refractivity contribution in [1.29, 1.82) is 0 Å². The molecule has 0 aromatic heterocycles. The topological polar surface area (TPSA) is 60.0 Å². The van der Waals surface area contributed by atoms with Crippen LogP contribution >= 0.6 is 15.9 Å². The van der Waals surface area contributed by atoms with Crippen molar-refractivity contribution in [1.82, 2.24) is 10.2 Å². The molecule has 0 fully saturated rings. The summed E-state index contributed by atoms with van der Waals surface area (Å²) >= 11 is 3.47. The second-order valence-electron chi connectivity index (χ2n) is 5.18. The average molecular weight is 373 g/mol. The number of carbonyl (C=O) groups is 1. The number of hydrogen-bond donors (Lipinski definition) is 1. The van der Waals surface area contributed by atoms with Gasteiger partial charge in [0.05, 0.1) is 17.1 Å². The molecule has 0 radical (unpaired) electrons. The molecule has 0 saturated heterocycles. The van der Waals surface area contributed by atoms with Crippen LogP contribution < -0.4 is 14.8 Å². The van der Waals surface area contributed by atoms with Gasteiger partial charge in [-0.05, 0) is 40.5 Å². The summed E-state index contributed by atoms with van der Waals surface area (Å²) in [6.45, 7) is 3.93. The molecule has 1 aliphatic heterocycles. The highest BCUT2D eigenvalue weighted by Gasteiger charge is 2.18. The molecule has 1 aliphatic rings. The molecule has 6 nitrogen and oxygen atoms in total. The van der Waals surface area contributed by atoms with Crippen LogP contribution in [0.15, 0.2) is 16.6 Å². The van der Waals surface area contributed by atoms with Gasteiger partial charge in [-0.25, -0.2) is 4.79 Å². The van der Waals surface area contributed by atoms with Crippen molar-refractivity contribution in [3.05, 3.63) is 22.2 Å². The van der Waals surface area contributed by atoms with Crippen LogP contribution in [0.5, 0.6) is 11.5 Å². The van der Waals surface area contributed by atoms with E-state index in [1.165, 1.54) is 0 Å². The Bertz CT molecular complexity index is 539. The fourth-order valence-corrected chi connectivity index (χ4v) is 2.73. The molecule has 2 amide bonds. The first-order valence-corrected chi connectivity index (χ1v) is 7.90. The summed E-state index contributed by atoms with van der Waals surface area (Å²) in [6.07, 6.45) is 0. The third-order valence-electron chi connectivity index (χ3n) is 3.49. The molecule has 1 aromatic carbocycles. The molecule has 1 atom stereocenters. The van der Waals surface area contributed by atoms with E-state index in [2.05, 4.69) is 21.2 Å². The number of fused-ring (bicyclic) bond motifs is 1. The van der Waals surface area contributed by atoms with Crippen LogP contribution in [0.3, 0.4) is 0 Å². The zero-order chi connectivity index (χ0) is 16.1. The van der Waals surface area contributed by atoms with Crippen LogP contribution in [0.1, 0.15) is 12.5 Å². The predicted molar refractivity (Wildman–Crippen MR) is 86.5 cm³/mol. The van der Waals surface area contributed by atoms with Crippen molar-refractivity contribution in [3.8, 4) is 11.5 Å². The highest BCUT2D eigenvalue weighted by atomic mass is 79.9. The fraction of sp³-hybridized carbons (Fsp3) is 0.533. The Morgan fingerprint density at radius 2 is 2.18 bits per heavy atom. The van der Waals surface area contributed by atoms with E-state index in [4.69, 9.17) is 14.2 Å². The first kappa shape index (κ1) is 16.9. The van der Waals surface area contributed by atoms with Gasteiger partial charge in [0.25, 0.3) is 0 Å². The number of nitrogens with one attached hydrogen (secondary N) is 1. The monoisotopic (exact) mass is 372 g/mol. The van der Waals surface area contributed by atoms with E-state index in [-0.39, 0.29) is 12.1 Å². The number of urea groups is 1. The Morgan fingerprint density at radius 1 is 1.45 bits per heavy atom. The zero-order valence-electron chi connectivity index (χ0n) is 13.0. The van der Waals surface area contributed by atoms with Crippen LogP contribution in [-0.4, -0.2) is 51.0 Å². The van der Waals surface area contributed by atoms with Gasteiger partial charge in [-0.15, -0.1) is 0 Å². The Kier molecular flexibility index (Phi) is 5.90. The van der Waals surface area contributed by atoms with Gasteiger partial charge in [0.15, 0.2) is 11.5 Å². The molecule has 2 rings (SSSR count). The normalized spacial score (nSPS) is 14.4. The van der Waals surface area contributed by atoms with Crippen molar-refractivity contribution < 1.29 is 19.0 Å². The largest absolute Gasteiger partial charge is 0.486 e. The van der Waals surface area contributed by atoms with Crippen LogP contribution in [0.4, 0.5) is 4.79 Å². The van der Waals surface area contributed by atoms with Gasteiger partial charge in [-0.3, -0.25) is 0 Å². The number of hydrogen-bond acceptors (Lipinski definition) is 4. The Hall–Kier alpha value is -1.47. The number of likely N-dealkylation sites (N-methyl/N-ethyl adjacent to an activating group) is 1. The van der Waals surface area contributed by atoms with E-state index in [1.807, 2.05) is 19.1 Å². The number of halogens is 1. The van der Waals surface area contributed by atoms with E-state index in [1.54, 1.807) is 19.1 Å². The molecule has 122 valence electrons. The lowest BCUT2D eigenvalue weighted by Gasteiger charge is -2.25. The summed E-state index contributed by atoms with van der Waals surface area (Å²) in [4.78, 5) is 13.7. The molecule has 0 aliphatic carbocycles. The first-order valence-electron chi connectivity index (χ1n) is 7.10. The maximum Gasteiger partial charge on any atom is 0.317 e. The summed E-state index contributed by atoms with van der Waals surface area (Å²) in [5, 5.41) is 2.89. The quantitative estimate of drug-likeness (QED) is 0.861. The standard InChI is InChI=1S/C15H21BrN2O4/c1-10(9-20-3)18(2)15(19)17-8-11-6-12(16)14-13(7-11)21-4-5-22-14/h6-7,10H,4-5,8-9H2,1-3H3,(H,17,19). The lowest BCUT2D eigenvalue weighted by atomic mass is 10.2. The van der Waals surface area contributed by atoms with Crippen molar-refractivity contribution in [3.63, 3.8) is 0 Å². The number of carbonyl (C=O) groups excluding carboxylic acids is 1. The lowest BCUT2D eigenvalue weighted by molar-refractivity contribution is 0.123. The maximum atomic E-state index is 12.1. The fourth-order valence-electron chi connectivity index (χ4n) is 2.12. The minimum absolute atomic E-state index is 0.0111. The summed E-state index contributed by atoms with van der Waals surface area (Å²) in [6, 6.07) is 3.68. The molecule has 1 aromatic rings. The van der Waals surface area contributed by atoms with Gasteiger partial charge < -0.3 is 24.4 Å². The molecule has 1 heterocycles. The van der Waals surface area contributed by atoms with Gasteiger partial charge in [0.2, 0.25) is 0 Å². The minimum Gasteiger partial charge on any atom is -0.486 e. The van der Waals surface area contributed by atoms with Crippen molar-refractivity contribution in [2.24, 2.45) is 0 Å². The zero-order valence-corrected chi connectivity index (χ0v) is 14.6. The second kappa shape index (κ2) is 7.69. The van der Waals surface area contributed by atoms with E-state index in [9.17, 15) is 4.79 Å². The Balaban J connectivity index is 1.97. The smallest absolute Gasteiger partial charge is 0.317 e. The van der Waals surface area contributed by atoms with Gasteiger partial charge >= 0.3 is 6.03 Å². The van der Waals surface area contributed by atoms with Crippen molar-refractivity contribution >= 4 is 22.0 Å². The number of rotatable bonds is 5. The Morgan fingerprint density at radius 3 is 2.91 bits per heavy atom. The first-order chi connectivity index (χ1) is 10.5. The molecule has 0 saturated carbocycles. The van der Waals surface area contributed by atoms with Crippen molar-refractivity contribution in [2.75, 3.05) is 34.0 Å². The highest BCUT2D eigenvalue weighted by molar-refractivity contribution is 9.10. The summed E-state index contributed by atoms with van der Waals surface area (Å²) in [5.41, 5.74) is 0.942. The van der Waals surface area contributed by atoms with Gasteiger partial charge in [0, 0.05) is 20.7 Å². The van der Waals surface area contributed by atoms with Crippen molar-refractivity contribution in [2.45, 2.75) is 19.5 Å². The Labute approximate surface area is 138 Å². The van der Waals surface area contributed by atoms with E-state index < -0.39 is 0 Å². The van der Waals surface area contributed by atoms with E-state index >= 15 is 0 Å². The lowest BCUT2D eigenvalue weighted by Crippen LogP contribution is -2.43. The summed E-state index contributed by atoms with van der Waals surface area (Å²) in [7, 11) is 3.37. The van der Waals surface area contributed by atoms with Crippen LogP contribution in [-0.2, 0) is 11.3 Å². The summed E-state index contributed by atoms with van der Waals surface area (Å²) in [5.74, 6) is 1.41. The number of benzene rings is 1. The number of nitrogens with zero attached hydrogens (tertiary/aromatic N) is 1. The average Bonchev–Trinajstić information content (AvgIpc) is 2.52. The van der Waals surface area contributed by atoms with Gasteiger partial charge in [-0.2, -0.15) is 0 Å². The second-order valence-corrected chi connectivity index (χ2v) is 6.03. The van der Waals surface area contributed by atoms with E-state index in [0.29, 0.717) is 37.9 Å². The van der Waals surface area contributed by atoms with Crippen LogP contribution in [0.2, 0.25) is 0 Å². The molecule has 7 heteroatoms. The van der Waals surface area contributed by atoms with Crippen LogP contribution in [0.25, 0.3) is 0 Å². The van der Waals surface area contributed by atoms with E-state index in [0.717, 1.165) is 10.0 Å². The highest BCUT2D eigenvalue weighted by Crippen LogP contribution is 2.38. The third kappa shape index (κ3) is 4.04. The van der Waals surface area contributed by atoms with Crippen LogP contribution in [0, 0.1) is 0 Å². The number of amides is 2.